The van der Waals surface area contributed by atoms with Crippen LogP contribution in [0.3, 0.4) is 0 Å². The van der Waals surface area contributed by atoms with Gasteiger partial charge in [0.25, 0.3) is 11.7 Å². The van der Waals surface area contributed by atoms with Gasteiger partial charge in [-0.2, -0.15) is 10.1 Å². The Morgan fingerprint density at radius 1 is 1.23 bits per heavy atom. The number of carbonyl (C=O) groups is 3. The van der Waals surface area contributed by atoms with Crippen LogP contribution in [-0.2, 0) is 25.5 Å². The van der Waals surface area contributed by atoms with Crippen LogP contribution in [0, 0.1) is 13.8 Å². The fraction of sp³-hybridized carbons (Fsp3) is 0.500. The molecule has 0 unspecified atom stereocenters. The summed E-state index contributed by atoms with van der Waals surface area (Å²) in [6, 6.07) is -0.0142. The average Bonchev–Trinajstić information content (AvgIpc) is 3.02. The lowest BCUT2D eigenvalue weighted by molar-refractivity contribution is -0.148. The minimum Gasteiger partial charge on any atom is -0.455 e. The van der Waals surface area contributed by atoms with Crippen LogP contribution in [0.25, 0.3) is 5.78 Å². The fourth-order valence-electron chi connectivity index (χ4n) is 2.36. The smallest absolute Gasteiger partial charge is 0.310 e. The van der Waals surface area contributed by atoms with E-state index in [1.165, 1.54) is 10.8 Å². The fourth-order valence-corrected chi connectivity index (χ4v) is 2.36. The summed E-state index contributed by atoms with van der Waals surface area (Å²) in [6.45, 7) is 6.59. The van der Waals surface area contributed by atoms with E-state index >= 15 is 0 Å². The number of rotatable bonds is 7. The van der Waals surface area contributed by atoms with Crippen molar-refractivity contribution in [1.82, 2.24) is 30.2 Å². The van der Waals surface area contributed by atoms with Gasteiger partial charge >= 0.3 is 5.97 Å². The van der Waals surface area contributed by atoms with Crippen molar-refractivity contribution in [2.45, 2.75) is 40.2 Å². The summed E-state index contributed by atoms with van der Waals surface area (Å²) in [4.78, 5) is 43.4. The van der Waals surface area contributed by atoms with Gasteiger partial charge in [0.1, 0.15) is 6.33 Å². The molecule has 2 N–H and O–H groups in total. The van der Waals surface area contributed by atoms with Gasteiger partial charge in [0.15, 0.2) is 6.61 Å². The van der Waals surface area contributed by atoms with Crippen molar-refractivity contribution >= 4 is 23.6 Å². The number of carbonyl (C=O) groups excluding carboxylic acids is 3. The van der Waals surface area contributed by atoms with Gasteiger partial charge in [-0.25, -0.2) is 9.50 Å². The molecule has 10 nitrogen and oxygen atoms in total. The zero-order valence-corrected chi connectivity index (χ0v) is 15.2. The molecular formula is C16H22N6O4. The second kappa shape index (κ2) is 8.37. The summed E-state index contributed by atoms with van der Waals surface area (Å²) in [6.07, 6.45) is 1.35. The van der Waals surface area contributed by atoms with Gasteiger partial charge in [-0.15, -0.1) is 0 Å². The van der Waals surface area contributed by atoms with Crippen LogP contribution < -0.4 is 10.6 Å². The largest absolute Gasteiger partial charge is 0.455 e. The number of esters is 1. The quantitative estimate of drug-likeness (QED) is 0.634. The van der Waals surface area contributed by atoms with E-state index < -0.39 is 18.5 Å². The first-order chi connectivity index (χ1) is 12.3. The highest BCUT2D eigenvalue weighted by molar-refractivity contribution is 5.86. The molecule has 2 aromatic heterocycles. The minimum absolute atomic E-state index is 0.0142. The summed E-state index contributed by atoms with van der Waals surface area (Å²) in [5, 5.41) is 9.08. The Labute approximate surface area is 150 Å². The molecule has 2 amide bonds. The zero-order valence-electron chi connectivity index (χ0n) is 15.2. The van der Waals surface area contributed by atoms with Crippen molar-refractivity contribution in [3.05, 3.63) is 23.3 Å². The molecule has 0 spiro atoms. The number of aromatic nitrogens is 4. The zero-order chi connectivity index (χ0) is 19.3. The summed E-state index contributed by atoms with van der Waals surface area (Å²) < 4.78 is 6.51. The second-order valence-corrected chi connectivity index (χ2v) is 6.07. The van der Waals surface area contributed by atoms with Gasteiger partial charge in [0, 0.05) is 23.0 Å². The van der Waals surface area contributed by atoms with E-state index in [4.69, 9.17) is 4.74 Å². The van der Waals surface area contributed by atoms with Crippen LogP contribution in [0.1, 0.15) is 30.8 Å². The van der Waals surface area contributed by atoms with Crippen molar-refractivity contribution in [2.24, 2.45) is 0 Å². The molecule has 10 heteroatoms. The predicted molar refractivity (Wildman–Crippen MR) is 91.2 cm³/mol. The first-order valence-electron chi connectivity index (χ1n) is 8.15. The number of amides is 2. The number of aryl methyl sites for hydroxylation is 2. The van der Waals surface area contributed by atoms with Crippen molar-refractivity contribution in [3.8, 4) is 0 Å². The van der Waals surface area contributed by atoms with Crippen molar-refractivity contribution < 1.29 is 19.1 Å². The Hall–Kier alpha value is -3.04. The van der Waals surface area contributed by atoms with Gasteiger partial charge in [-0.05, 0) is 27.7 Å². The lowest BCUT2D eigenvalue weighted by atomic mass is 10.1. The van der Waals surface area contributed by atoms with Crippen LogP contribution in [0.15, 0.2) is 6.33 Å². The van der Waals surface area contributed by atoms with E-state index in [1.807, 2.05) is 13.8 Å². The Morgan fingerprint density at radius 2 is 1.96 bits per heavy atom. The monoisotopic (exact) mass is 362 g/mol. The number of nitrogens with zero attached hydrogens (tertiary/aromatic N) is 4. The van der Waals surface area contributed by atoms with Crippen LogP contribution in [0.4, 0.5) is 0 Å². The van der Waals surface area contributed by atoms with Crippen molar-refractivity contribution in [1.29, 1.82) is 0 Å². The molecule has 0 bridgehead atoms. The summed E-state index contributed by atoms with van der Waals surface area (Å²) in [5.74, 6) is -0.968. The van der Waals surface area contributed by atoms with Crippen molar-refractivity contribution in [2.75, 3.05) is 13.2 Å². The molecule has 0 aliphatic carbocycles. The van der Waals surface area contributed by atoms with Gasteiger partial charge in [-0.3, -0.25) is 14.4 Å². The Morgan fingerprint density at radius 3 is 2.65 bits per heavy atom. The first-order valence-corrected chi connectivity index (χ1v) is 8.15. The molecule has 0 aromatic carbocycles. The maximum absolute atomic E-state index is 12.0. The highest BCUT2D eigenvalue weighted by Gasteiger charge is 2.16. The van der Waals surface area contributed by atoms with Gasteiger partial charge in [0.2, 0.25) is 5.91 Å². The molecule has 0 saturated heterocycles. The third-order valence-electron chi connectivity index (χ3n) is 3.57. The second-order valence-electron chi connectivity index (χ2n) is 6.07. The number of ether oxygens (including phenoxy) is 1. The molecule has 0 atom stereocenters. The molecule has 26 heavy (non-hydrogen) atoms. The number of nitrogens with one attached hydrogen (secondary N) is 2. The van der Waals surface area contributed by atoms with Gasteiger partial charge < -0.3 is 15.4 Å². The standard InChI is InChI=1S/C16H22N6O4/c1-9(2)20-13(23)6-17-14(24)7-26-15(25)5-12-10(3)21-16-18-8-19-22(16)11(12)4/h8-9H,5-7H2,1-4H3,(H,17,24)(H,20,23). The lowest BCUT2D eigenvalue weighted by Crippen LogP contribution is -2.41. The normalized spacial score (nSPS) is 10.8. The van der Waals surface area contributed by atoms with E-state index in [0.717, 1.165) is 5.69 Å². The first kappa shape index (κ1) is 19.3. The van der Waals surface area contributed by atoms with E-state index in [9.17, 15) is 14.4 Å². The molecule has 0 fully saturated rings. The third kappa shape index (κ3) is 4.98. The third-order valence-corrected chi connectivity index (χ3v) is 3.57. The average molecular weight is 362 g/mol. The van der Waals surface area contributed by atoms with Crippen molar-refractivity contribution in [3.63, 3.8) is 0 Å². The molecule has 0 radical (unpaired) electrons. The molecule has 0 aliphatic rings. The summed E-state index contributed by atoms with van der Waals surface area (Å²) in [7, 11) is 0. The van der Waals surface area contributed by atoms with Gasteiger partial charge in [-0.1, -0.05) is 0 Å². The Kier molecular flexibility index (Phi) is 6.21. The van der Waals surface area contributed by atoms with E-state index in [-0.39, 0.29) is 24.9 Å². The molecule has 2 heterocycles. The Balaban J connectivity index is 1.85. The van der Waals surface area contributed by atoms with Crippen LogP contribution >= 0.6 is 0 Å². The topological polar surface area (TPSA) is 128 Å². The van der Waals surface area contributed by atoms with E-state index in [2.05, 4.69) is 25.7 Å². The maximum Gasteiger partial charge on any atom is 0.310 e. The predicted octanol–water partition coefficient (Wildman–Crippen LogP) is -0.532. The lowest BCUT2D eigenvalue weighted by Gasteiger charge is -2.11. The molecule has 2 rings (SSSR count). The summed E-state index contributed by atoms with van der Waals surface area (Å²) >= 11 is 0. The molecule has 140 valence electrons. The molecule has 0 saturated carbocycles. The number of fused-ring (bicyclic) bond motifs is 1. The highest BCUT2D eigenvalue weighted by atomic mass is 16.5. The SMILES string of the molecule is Cc1nc2ncnn2c(C)c1CC(=O)OCC(=O)NCC(=O)NC(C)C. The van der Waals surface area contributed by atoms with Crippen LogP contribution in [0.5, 0.6) is 0 Å². The number of hydrogen-bond acceptors (Lipinski definition) is 7. The molecular weight excluding hydrogens is 340 g/mol. The summed E-state index contributed by atoms with van der Waals surface area (Å²) in [5.41, 5.74) is 2.05. The minimum atomic E-state index is -0.570. The number of hydrogen-bond donors (Lipinski definition) is 2. The highest BCUT2D eigenvalue weighted by Crippen LogP contribution is 2.14. The Bertz CT molecular complexity index is 829. The van der Waals surface area contributed by atoms with Crippen LogP contribution in [-0.4, -0.2) is 56.6 Å². The van der Waals surface area contributed by atoms with Crippen LogP contribution in [0.2, 0.25) is 0 Å². The van der Waals surface area contributed by atoms with Gasteiger partial charge in [0.05, 0.1) is 13.0 Å². The van der Waals surface area contributed by atoms with E-state index in [1.54, 1.807) is 13.8 Å². The molecule has 2 aromatic rings. The molecule has 0 aliphatic heterocycles. The van der Waals surface area contributed by atoms with E-state index in [0.29, 0.717) is 17.0 Å². The maximum atomic E-state index is 12.0.